The third kappa shape index (κ3) is 3.20. The first kappa shape index (κ1) is 15.4. The summed E-state index contributed by atoms with van der Waals surface area (Å²) in [6.07, 6.45) is 2.19. The van der Waals surface area contributed by atoms with E-state index >= 15 is 0 Å². The van der Waals surface area contributed by atoms with Crippen LogP contribution in [0.5, 0.6) is 0 Å². The van der Waals surface area contributed by atoms with Gasteiger partial charge in [-0.2, -0.15) is 0 Å². The second-order valence-corrected chi connectivity index (χ2v) is 6.78. The lowest BCUT2D eigenvalue weighted by Crippen LogP contribution is -2.47. The van der Waals surface area contributed by atoms with Gasteiger partial charge in [-0.1, -0.05) is 19.1 Å². The van der Waals surface area contributed by atoms with Gasteiger partial charge in [0.25, 0.3) is 0 Å². The topological polar surface area (TPSA) is 75.6 Å². The molecule has 0 aliphatic heterocycles. The van der Waals surface area contributed by atoms with Gasteiger partial charge >= 0.3 is 0 Å². The number of hydrogen-bond donors (Lipinski definition) is 2. The minimum absolute atomic E-state index is 0.0626. The van der Waals surface area contributed by atoms with E-state index in [4.69, 9.17) is 9.84 Å². The van der Waals surface area contributed by atoms with Gasteiger partial charge in [0.05, 0.1) is 17.6 Å². The number of sulfonamides is 1. The molecule has 0 bridgehead atoms. The largest absolute Gasteiger partial charge is 0.392 e. The Morgan fingerprint density at radius 2 is 2.10 bits per heavy atom. The van der Waals surface area contributed by atoms with Crippen molar-refractivity contribution in [3.63, 3.8) is 0 Å². The quantitative estimate of drug-likeness (QED) is 0.827. The van der Waals surface area contributed by atoms with Crippen LogP contribution in [0.3, 0.4) is 0 Å². The molecule has 1 aliphatic rings. The molecule has 0 heterocycles. The molecule has 0 saturated heterocycles. The summed E-state index contributed by atoms with van der Waals surface area (Å²) in [5.41, 5.74) is 1.36. The van der Waals surface area contributed by atoms with Crippen molar-refractivity contribution in [1.29, 1.82) is 0 Å². The van der Waals surface area contributed by atoms with Crippen molar-refractivity contribution in [2.75, 3.05) is 7.11 Å². The van der Waals surface area contributed by atoms with Crippen molar-refractivity contribution >= 4 is 10.0 Å². The summed E-state index contributed by atoms with van der Waals surface area (Å²) in [6, 6.07) is 5.00. The molecule has 0 radical (unpaired) electrons. The van der Waals surface area contributed by atoms with Gasteiger partial charge < -0.3 is 9.84 Å². The number of methoxy groups -OCH3 is 1. The number of nitrogens with one attached hydrogen (secondary N) is 1. The first-order chi connectivity index (χ1) is 9.50. The lowest BCUT2D eigenvalue weighted by atomic mass is 9.90. The van der Waals surface area contributed by atoms with Crippen LogP contribution in [0.2, 0.25) is 0 Å². The number of aliphatic hydroxyl groups is 1. The zero-order chi connectivity index (χ0) is 14.8. The maximum atomic E-state index is 12.4. The average molecular weight is 299 g/mol. The van der Waals surface area contributed by atoms with E-state index in [1.165, 1.54) is 0 Å². The maximum Gasteiger partial charge on any atom is 0.241 e. The standard InChI is InChI=1S/C14H21NO4S/c1-3-11-5-4-10(9-16)6-14(11)20(17,18)15-12-7-13(8-12)19-2/h4-6,12-13,15-16H,3,7-9H2,1-2H3. The molecule has 0 unspecified atom stereocenters. The van der Waals surface area contributed by atoms with Crippen LogP contribution < -0.4 is 4.72 Å². The molecule has 0 aromatic heterocycles. The number of rotatable bonds is 6. The summed E-state index contributed by atoms with van der Waals surface area (Å²) < 4.78 is 32.7. The average Bonchev–Trinajstić information content (AvgIpc) is 2.41. The van der Waals surface area contributed by atoms with E-state index in [0.717, 1.165) is 5.56 Å². The van der Waals surface area contributed by atoms with E-state index in [-0.39, 0.29) is 23.6 Å². The summed E-state index contributed by atoms with van der Waals surface area (Å²) in [5.74, 6) is 0. The highest BCUT2D eigenvalue weighted by Crippen LogP contribution is 2.26. The molecule has 1 saturated carbocycles. The first-order valence-corrected chi connectivity index (χ1v) is 8.26. The van der Waals surface area contributed by atoms with Crippen LogP contribution in [0.25, 0.3) is 0 Å². The highest BCUT2D eigenvalue weighted by Gasteiger charge is 2.33. The predicted octanol–water partition coefficient (Wildman–Crippen LogP) is 1.20. The number of aliphatic hydroxyl groups excluding tert-OH is 1. The SMILES string of the molecule is CCc1ccc(CO)cc1S(=O)(=O)NC1CC(OC)C1. The number of hydrogen-bond acceptors (Lipinski definition) is 4. The Hall–Kier alpha value is -0.950. The highest BCUT2D eigenvalue weighted by atomic mass is 32.2. The van der Waals surface area contributed by atoms with Crippen molar-refractivity contribution in [3.05, 3.63) is 29.3 Å². The van der Waals surface area contributed by atoms with E-state index in [1.807, 2.05) is 6.92 Å². The minimum Gasteiger partial charge on any atom is -0.392 e. The number of ether oxygens (including phenoxy) is 1. The Balaban J connectivity index is 2.20. The molecule has 0 atom stereocenters. The number of benzene rings is 1. The summed E-state index contributed by atoms with van der Waals surface area (Å²) in [6.45, 7) is 1.75. The molecular formula is C14H21NO4S. The van der Waals surface area contributed by atoms with Gasteiger partial charge in [-0.25, -0.2) is 13.1 Å². The van der Waals surface area contributed by atoms with Crippen molar-refractivity contribution in [2.45, 2.75) is 49.8 Å². The molecule has 1 aromatic carbocycles. The zero-order valence-electron chi connectivity index (χ0n) is 11.8. The lowest BCUT2D eigenvalue weighted by molar-refractivity contribution is 0.0236. The van der Waals surface area contributed by atoms with Crippen LogP contribution >= 0.6 is 0 Å². The summed E-state index contributed by atoms with van der Waals surface area (Å²) in [5, 5.41) is 9.17. The fraction of sp³-hybridized carbons (Fsp3) is 0.571. The Kier molecular flexibility index (Phi) is 4.80. The van der Waals surface area contributed by atoms with Gasteiger partial charge in [0.1, 0.15) is 0 Å². The molecule has 1 aliphatic carbocycles. The Morgan fingerprint density at radius 3 is 2.65 bits per heavy atom. The lowest BCUT2D eigenvalue weighted by Gasteiger charge is -2.34. The van der Waals surface area contributed by atoms with E-state index in [2.05, 4.69) is 4.72 Å². The monoisotopic (exact) mass is 299 g/mol. The normalized spacial score (nSPS) is 22.6. The molecule has 20 heavy (non-hydrogen) atoms. The van der Waals surface area contributed by atoms with Crippen LogP contribution in [0.1, 0.15) is 30.9 Å². The molecular weight excluding hydrogens is 278 g/mol. The van der Waals surface area contributed by atoms with Gasteiger partial charge in [0.15, 0.2) is 0 Å². The summed E-state index contributed by atoms with van der Waals surface area (Å²) in [4.78, 5) is 0.271. The molecule has 2 rings (SSSR count). The van der Waals surface area contributed by atoms with Gasteiger partial charge in [-0.05, 0) is 36.5 Å². The maximum absolute atomic E-state index is 12.4. The molecule has 112 valence electrons. The summed E-state index contributed by atoms with van der Waals surface area (Å²) >= 11 is 0. The van der Waals surface area contributed by atoms with Crippen LogP contribution in [-0.2, 0) is 27.8 Å². The fourth-order valence-electron chi connectivity index (χ4n) is 2.38. The molecule has 0 amide bonds. The highest BCUT2D eigenvalue weighted by molar-refractivity contribution is 7.89. The van der Waals surface area contributed by atoms with E-state index in [1.54, 1.807) is 25.3 Å². The van der Waals surface area contributed by atoms with Gasteiger partial charge in [0.2, 0.25) is 10.0 Å². The first-order valence-electron chi connectivity index (χ1n) is 6.78. The third-order valence-corrected chi connectivity index (χ3v) is 5.34. The van der Waals surface area contributed by atoms with Crippen molar-refractivity contribution in [3.8, 4) is 0 Å². The van der Waals surface area contributed by atoms with Crippen LogP contribution in [0.4, 0.5) is 0 Å². The van der Waals surface area contributed by atoms with Crippen LogP contribution in [0.15, 0.2) is 23.1 Å². The fourth-order valence-corrected chi connectivity index (χ4v) is 4.00. The zero-order valence-corrected chi connectivity index (χ0v) is 12.6. The van der Waals surface area contributed by atoms with Crippen molar-refractivity contribution in [1.82, 2.24) is 4.72 Å². The van der Waals surface area contributed by atoms with Crippen molar-refractivity contribution < 1.29 is 18.3 Å². The Labute approximate surface area is 120 Å². The van der Waals surface area contributed by atoms with E-state index < -0.39 is 10.0 Å². The molecule has 1 fully saturated rings. The number of aryl methyl sites for hydroxylation is 1. The molecule has 2 N–H and O–H groups in total. The molecule has 6 heteroatoms. The molecule has 0 spiro atoms. The minimum atomic E-state index is -3.54. The van der Waals surface area contributed by atoms with Crippen molar-refractivity contribution in [2.24, 2.45) is 0 Å². The van der Waals surface area contributed by atoms with Gasteiger partial charge in [-0.3, -0.25) is 0 Å². The Bertz CT molecular complexity index is 565. The van der Waals surface area contributed by atoms with Crippen LogP contribution in [-0.4, -0.2) is 32.8 Å². The second kappa shape index (κ2) is 6.22. The van der Waals surface area contributed by atoms with Gasteiger partial charge in [-0.15, -0.1) is 0 Å². The third-order valence-electron chi connectivity index (χ3n) is 3.73. The second-order valence-electron chi connectivity index (χ2n) is 5.10. The predicted molar refractivity (Wildman–Crippen MR) is 75.9 cm³/mol. The molecule has 1 aromatic rings. The molecule has 5 nitrogen and oxygen atoms in total. The smallest absolute Gasteiger partial charge is 0.241 e. The Morgan fingerprint density at radius 1 is 1.40 bits per heavy atom. The summed E-state index contributed by atoms with van der Waals surface area (Å²) in [7, 11) is -1.91. The van der Waals surface area contributed by atoms with Gasteiger partial charge in [0, 0.05) is 13.2 Å². The van der Waals surface area contributed by atoms with E-state index in [0.29, 0.717) is 24.8 Å². The van der Waals surface area contributed by atoms with E-state index in [9.17, 15) is 8.42 Å². The van der Waals surface area contributed by atoms with Crippen LogP contribution in [0, 0.1) is 0 Å².